The van der Waals surface area contributed by atoms with E-state index < -0.39 is 0 Å². The summed E-state index contributed by atoms with van der Waals surface area (Å²) in [4.78, 5) is 13.8. The maximum Gasteiger partial charge on any atom is 0.239 e. The van der Waals surface area contributed by atoms with E-state index >= 15 is 0 Å². The van der Waals surface area contributed by atoms with Crippen molar-refractivity contribution >= 4 is 5.91 Å². The van der Waals surface area contributed by atoms with Gasteiger partial charge in [-0.2, -0.15) is 0 Å². The van der Waals surface area contributed by atoms with Gasteiger partial charge in [0, 0.05) is 19.7 Å². The molecular weight excluding hydrogens is 228 g/mol. The number of nitrogens with zero attached hydrogens (tertiary/aromatic N) is 1. The molecular formula is C14H19N2O2. The Morgan fingerprint density at radius 2 is 2.50 bits per heavy atom. The highest BCUT2D eigenvalue weighted by Gasteiger charge is 2.30. The monoisotopic (exact) mass is 247 g/mol. The van der Waals surface area contributed by atoms with Gasteiger partial charge in [-0.25, -0.2) is 0 Å². The first-order valence-corrected chi connectivity index (χ1v) is 6.34. The molecule has 1 aliphatic rings. The van der Waals surface area contributed by atoms with Crippen molar-refractivity contribution in [2.24, 2.45) is 5.73 Å². The van der Waals surface area contributed by atoms with Crippen LogP contribution in [-0.4, -0.2) is 37.1 Å². The van der Waals surface area contributed by atoms with Crippen LogP contribution in [0, 0.1) is 6.07 Å². The van der Waals surface area contributed by atoms with E-state index in [1.807, 2.05) is 25.1 Å². The van der Waals surface area contributed by atoms with Gasteiger partial charge >= 0.3 is 0 Å². The third-order valence-electron chi connectivity index (χ3n) is 3.31. The Labute approximate surface area is 108 Å². The molecule has 4 nitrogen and oxygen atoms in total. The van der Waals surface area contributed by atoms with Crippen molar-refractivity contribution in [3.63, 3.8) is 0 Å². The fourth-order valence-corrected chi connectivity index (χ4v) is 2.45. The minimum atomic E-state index is -0.330. The number of benzene rings is 1. The average molecular weight is 247 g/mol. The zero-order valence-electron chi connectivity index (χ0n) is 10.7. The molecule has 2 rings (SSSR count). The number of carbonyl (C=O) groups excluding carboxylic acids is 1. The van der Waals surface area contributed by atoms with E-state index in [1.54, 1.807) is 0 Å². The Kier molecular flexibility index (Phi) is 4.33. The van der Waals surface area contributed by atoms with E-state index in [4.69, 9.17) is 10.5 Å². The molecule has 4 heteroatoms. The number of hydrogen-bond acceptors (Lipinski definition) is 3. The smallest absolute Gasteiger partial charge is 0.239 e. The summed E-state index contributed by atoms with van der Waals surface area (Å²) in [6.45, 7) is 4.87. The number of fused-ring (bicyclic) bond motifs is 1. The molecule has 1 radical (unpaired) electrons. The molecule has 1 aromatic rings. The summed E-state index contributed by atoms with van der Waals surface area (Å²) in [5.74, 6) is -0.293. The molecule has 18 heavy (non-hydrogen) atoms. The van der Waals surface area contributed by atoms with E-state index in [2.05, 4.69) is 11.0 Å². The van der Waals surface area contributed by atoms with Crippen LogP contribution >= 0.6 is 0 Å². The second-order valence-electron chi connectivity index (χ2n) is 4.41. The Morgan fingerprint density at radius 3 is 3.22 bits per heavy atom. The Balaban J connectivity index is 2.16. The van der Waals surface area contributed by atoms with E-state index in [9.17, 15) is 4.79 Å². The van der Waals surface area contributed by atoms with Crippen LogP contribution in [0.2, 0.25) is 0 Å². The van der Waals surface area contributed by atoms with Crippen molar-refractivity contribution in [2.45, 2.75) is 19.4 Å². The van der Waals surface area contributed by atoms with E-state index in [1.165, 1.54) is 5.56 Å². The first-order chi connectivity index (χ1) is 8.74. The van der Waals surface area contributed by atoms with E-state index in [-0.39, 0.29) is 11.9 Å². The lowest BCUT2D eigenvalue weighted by Crippen LogP contribution is -2.43. The maximum atomic E-state index is 11.7. The Hall–Kier alpha value is -1.39. The lowest BCUT2D eigenvalue weighted by atomic mass is 9.92. The molecule has 1 heterocycles. The van der Waals surface area contributed by atoms with Gasteiger partial charge in [-0.3, -0.25) is 9.69 Å². The third-order valence-corrected chi connectivity index (χ3v) is 3.31. The van der Waals surface area contributed by atoms with Crippen LogP contribution in [0.25, 0.3) is 0 Å². The van der Waals surface area contributed by atoms with E-state index in [0.717, 1.165) is 25.1 Å². The summed E-state index contributed by atoms with van der Waals surface area (Å²) in [5, 5.41) is 0. The summed E-state index contributed by atoms with van der Waals surface area (Å²) in [7, 11) is 0. The molecule has 1 aromatic carbocycles. The number of carbonyl (C=O) groups is 1. The van der Waals surface area contributed by atoms with Gasteiger partial charge in [-0.1, -0.05) is 18.2 Å². The molecule has 1 unspecified atom stereocenters. The lowest BCUT2D eigenvalue weighted by Gasteiger charge is -2.35. The van der Waals surface area contributed by atoms with Crippen LogP contribution in [0.4, 0.5) is 0 Å². The molecule has 0 aliphatic carbocycles. The highest BCUT2D eigenvalue weighted by Crippen LogP contribution is 2.28. The van der Waals surface area contributed by atoms with E-state index in [0.29, 0.717) is 13.2 Å². The standard InChI is InChI=1S/C14H19N2O2/c1-2-18-10-9-16-8-7-11-5-3-4-6-12(11)13(16)14(15)17/h4-6,13H,2,7-10H2,1H3,(H2,15,17). The first-order valence-electron chi connectivity index (χ1n) is 6.34. The quantitative estimate of drug-likeness (QED) is 0.787. The molecule has 0 spiro atoms. The molecule has 1 amide bonds. The number of nitrogens with two attached hydrogens (primary N) is 1. The van der Waals surface area contributed by atoms with Crippen molar-refractivity contribution in [2.75, 3.05) is 26.3 Å². The predicted octanol–water partition coefficient (Wildman–Crippen LogP) is 0.908. The number of hydrogen-bond donors (Lipinski definition) is 1. The van der Waals surface area contributed by atoms with Crippen LogP contribution in [0.15, 0.2) is 18.2 Å². The van der Waals surface area contributed by atoms with Crippen LogP contribution in [0.1, 0.15) is 24.1 Å². The van der Waals surface area contributed by atoms with Crippen LogP contribution in [-0.2, 0) is 16.0 Å². The fraction of sp³-hybridized carbons (Fsp3) is 0.500. The average Bonchev–Trinajstić information content (AvgIpc) is 2.38. The molecule has 0 saturated carbocycles. The van der Waals surface area contributed by atoms with Gasteiger partial charge in [-0.05, 0) is 30.5 Å². The van der Waals surface area contributed by atoms with Crippen LogP contribution in [0.5, 0.6) is 0 Å². The van der Waals surface area contributed by atoms with Crippen molar-refractivity contribution in [3.05, 3.63) is 35.4 Å². The minimum Gasteiger partial charge on any atom is -0.380 e. The number of ether oxygens (including phenoxy) is 1. The first kappa shape index (κ1) is 13.1. The molecule has 1 atom stereocenters. The summed E-state index contributed by atoms with van der Waals surface area (Å²) in [6.07, 6.45) is 0.933. The Bertz CT molecular complexity index is 420. The normalized spacial score (nSPS) is 19.5. The number of amides is 1. The second kappa shape index (κ2) is 5.98. The van der Waals surface area contributed by atoms with Gasteiger partial charge in [-0.15, -0.1) is 0 Å². The minimum absolute atomic E-state index is 0.293. The highest BCUT2D eigenvalue weighted by atomic mass is 16.5. The van der Waals surface area contributed by atoms with Crippen LogP contribution in [0.3, 0.4) is 0 Å². The van der Waals surface area contributed by atoms with Crippen molar-refractivity contribution in [3.8, 4) is 0 Å². The van der Waals surface area contributed by atoms with Gasteiger partial charge in [0.25, 0.3) is 0 Å². The molecule has 0 aromatic heterocycles. The fourth-order valence-electron chi connectivity index (χ4n) is 2.45. The molecule has 2 N–H and O–H groups in total. The predicted molar refractivity (Wildman–Crippen MR) is 69.0 cm³/mol. The molecule has 1 aliphatic heterocycles. The highest BCUT2D eigenvalue weighted by molar-refractivity contribution is 5.82. The maximum absolute atomic E-state index is 11.7. The zero-order chi connectivity index (χ0) is 13.0. The number of primary amides is 1. The topological polar surface area (TPSA) is 55.6 Å². The third kappa shape index (κ3) is 2.71. The molecule has 0 bridgehead atoms. The summed E-state index contributed by atoms with van der Waals surface area (Å²) < 4.78 is 5.35. The summed E-state index contributed by atoms with van der Waals surface area (Å²) in [6, 6.07) is 8.45. The van der Waals surface area contributed by atoms with Gasteiger partial charge in [0.2, 0.25) is 5.91 Å². The summed E-state index contributed by atoms with van der Waals surface area (Å²) in [5.41, 5.74) is 7.74. The second-order valence-corrected chi connectivity index (χ2v) is 4.41. The van der Waals surface area contributed by atoms with Crippen LogP contribution < -0.4 is 5.73 Å². The SMILES string of the molecule is CCOCCN1CCc2c[c]ccc2C1C(N)=O. The molecule has 97 valence electrons. The zero-order valence-corrected chi connectivity index (χ0v) is 10.7. The van der Waals surface area contributed by atoms with Gasteiger partial charge in [0.15, 0.2) is 0 Å². The molecule has 0 fully saturated rings. The van der Waals surface area contributed by atoms with Crippen molar-refractivity contribution < 1.29 is 9.53 Å². The van der Waals surface area contributed by atoms with Gasteiger partial charge in [0.05, 0.1) is 6.61 Å². The number of rotatable bonds is 5. The largest absolute Gasteiger partial charge is 0.380 e. The van der Waals surface area contributed by atoms with Crippen molar-refractivity contribution in [1.82, 2.24) is 4.90 Å². The van der Waals surface area contributed by atoms with Gasteiger partial charge < -0.3 is 10.5 Å². The van der Waals surface area contributed by atoms with Gasteiger partial charge in [0.1, 0.15) is 6.04 Å². The summed E-state index contributed by atoms with van der Waals surface area (Å²) >= 11 is 0. The van der Waals surface area contributed by atoms with Crippen molar-refractivity contribution in [1.29, 1.82) is 0 Å². The Morgan fingerprint density at radius 1 is 1.67 bits per heavy atom. The lowest BCUT2D eigenvalue weighted by molar-refractivity contribution is -0.124. The molecule has 0 saturated heterocycles.